The van der Waals surface area contributed by atoms with Crippen molar-refractivity contribution in [3.05, 3.63) is 77.9 Å². The van der Waals surface area contributed by atoms with E-state index in [9.17, 15) is 9.18 Å². The number of piperazine rings is 1. The van der Waals surface area contributed by atoms with E-state index in [1.54, 1.807) is 23.1 Å². The number of nitrogens with zero attached hydrogens (tertiary/aromatic N) is 3. The molecule has 29 heavy (non-hydrogen) atoms. The molecule has 1 saturated heterocycles. The number of methoxy groups -OCH3 is 1. The molecule has 0 saturated carbocycles. The van der Waals surface area contributed by atoms with Gasteiger partial charge in [0, 0.05) is 11.8 Å². The second kappa shape index (κ2) is 8.45. The summed E-state index contributed by atoms with van der Waals surface area (Å²) < 4.78 is 20.6. The van der Waals surface area contributed by atoms with Crippen molar-refractivity contribution in [3.8, 4) is 11.4 Å². The van der Waals surface area contributed by atoms with Gasteiger partial charge in [0.1, 0.15) is 6.54 Å². The van der Waals surface area contributed by atoms with Crippen LogP contribution in [0.4, 0.5) is 4.39 Å². The Morgan fingerprint density at radius 1 is 1.17 bits per heavy atom. The third-order valence-corrected chi connectivity index (χ3v) is 5.28. The van der Waals surface area contributed by atoms with E-state index in [1.807, 2.05) is 41.3 Å². The zero-order valence-electron chi connectivity index (χ0n) is 16.3. The zero-order valence-corrected chi connectivity index (χ0v) is 16.3. The van der Waals surface area contributed by atoms with E-state index >= 15 is 0 Å². The first-order valence-corrected chi connectivity index (χ1v) is 9.69. The molecule has 4 rings (SSSR count). The molecule has 1 aromatic heterocycles. The number of amides is 1. The second-order valence-corrected chi connectivity index (χ2v) is 7.20. The molecule has 3 aromatic rings. The molecule has 1 aliphatic heterocycles. The number of quaternary nitrogens is 1. The molecule has 0 radical (unpaired) electrons. The largest absolute Gasteiger partial charge is 0.494 e. The molecule has 1 amide bonds. The van der Waals surface area contributed by atoms with Gasteiger partial charge in [-0.1, -0.05) is 18.2 Å². The summed E-state index contributed by atoms with van der Waals surface area (Å²) >= 11 is 0. The van der Waals surface area contributed by atoms with E-state index in [0.29, 0.717) is 18.7 Å². The molecule has 6 nitrogen and oxygen atoms in total. The number of benzene rings is 2. The van der Waals surface area contributed by atoms with Crippen LogP contribution < -0.4 is 9.64 Å². The van der Waals surface area contributed by atoms with Crippen molar-refractivity contribution in [1.82, 2.24) is 14.7 Å². The van der Waals surface area contributed by atoms with Crippen molar-refractivity contribution in [2.75, 3.05) is 33.3 Å². The maximum atomic E-state index is 13.9. The molecule has 0 aliphatic carbocycles. The van der Waals surface area contributed by atoms with Crippen LogP contribution in [0.5, 0.6) is 5.75 Å². The maximum Gasteiger partial charge on any atom is 0.257 e. The summed E-state index contributed by atoms with van der Waals surface area (Å²) in [5, 5.41) is 4.31. The van der Waals surface area contributed by atoms with E-state index in [4.69, 9.17) is 4.74 Å². The Morgan fingerprint density at radius 2 is 1.93 bits per heavy atom. The van der Waals surface area contributed by atoms with Crippen molar-refractivity contribution in [2.24, 2.45) is 0 Å². The van der Waals surface area contributed by atoms with Gasteiger partial charge in [0.25, 0.3) is 5.91 Å². The number of hydrogen-bond donors (Lipinski definition) is 1. The minimum absolute atomic E-state index is 0.00160. The van der Waals surface area contributed by atoms with Gasteiger partial charge in [0.15, 0.2) is 11.6 Å². The van der Waals surface area contributed by atoms with Crippen LogP contribution in [-0.2, 0) is 6.54 Å². The van der Waals surface area contributed by atoms with Gasteiger partial charge in [-0.15, -0.1) is 0 Å². The molecule has 0 unspecified atom stereocenters. The fourth-order valence-corrected chi connectivity index (χ4v) is 3.65. The first-order valence-electron chi connectivity index (χ1n) is 9.69. The smallest absolute Gasteiger partial charge is 0.257 e. The highest BCUT2D eigenvalue weighted by atomic mass is 19.1. The molecule has 7 heteroatoms. The summed E-state index contributed by atoms with van der Waals surface area (Å²) in [7, 11) is 1.46. The van der Waals surface area contributed by atoms with Crippen LogP contribution in [0.2, 0.25) is 0 Å². The van der Waals surface area contributed by atoms with Crippen LogP contribution in [0, 0.1) is 5.82 Å². The average Bonchev–Trinajstić information content (AvgIpc) is 3.25. The topological polar surface area (TPSA) is 51.8 Å². The Morgan fingerprint density at radius 3 is 2.62 bits per heavy atom. The van der Waals surface area contributed by atoms with E-state index in [-0.39, 0.29) is 17.5 Å². The monoisotopic (exact) mass is 395 g/mol. The van der Waals surface area contributed by atoms with Crippen molar-refractivity contribution in [1.29, 1.82) is 0 Å². The highest BCUT2D eigenvalue weighted by molar-refractivity contribution is 5.93. The highest BCUT2D eigenvalue weighted by Gasteiger charge is 2.25. The highest BCUT2D eigenvalue weighted by Crippen LogP contribution is 2.17. The van der Waals surface area contributed by atoms with Crippen LogP contribution in [0.3, 0.4) is 0 Å². The van der Waals surface area contributed by atoms with E-state index in [1.165, 1.54) is 18.1 Å². The summed E-state index contributed by atoms with van der Waals surface area (Å²) in [5.41, 5.74) is 2.45. The van der Waals surface area contributed by atoms with Crippen molar-refractivity contribution < 1.29 is 18.8 Å². The van der Waals surface area contributed by atoms with Crippen LogP contribution in [0.1, 0.15) is 15.9 Å². The molecule has 150 valence electrons. The normalized spacial score (nSPS) is 14.8. The predicted molar refractivity (Wildman–Crippen MR) is 107 cm³/mol. The Labute approximate surface area is 169 Å². The molecule has 1 fully saturated rings. The van der Waals surface area contributed by atoms with Crippen LogP contribution in [0.25, 0.3) is 5.69 Å². The standard InChI is InChI=1S/C22H23FN4O2/c1-29-21-8-7-17(13-20(21)23)15-25-9-11-26(12-10-25)22(28)18-14-24-27(16-18)19-5-3-2-4-6-19/h2-8,13-14,16H,9-12,15H2,1H3/p+1. The molecule has 0 bridgehead atoms. The number of ether oxygens (including phenoxy) is 1. The van der Waals surface area contributed by atoms with E-state index in [0.717, 1.165) is 30.9 Å². The Hall–Kier alpha value is -3.19. The van der Waals surface area contributed by atoms with Gasteiger partial charge in [0.05, 0.1) is 50.7 Å². The van der Waals surface area contributed by atoms with Gasteiger partial charge in [-0.2, -0.15) is 5.10 Å². The first-order chi connectivity index (χ1) is 14.1. The van der Waals surface area contributed by atoms with Gasteiger partial charge in [0.2, 0.25) is 0 Å². The number of carbonyl (C=O) groups excluding carboxylic acids is 1. The summed E-state index contributed by atoms with van der Waals surface area (Å²) in [4.78, 5) is 16.0. The fraction of sp³-hybridized carbons (Fsp3) is 0.273. The molecule has 2 heterocycles. The molecule has 0 spiro atoms. The van der Waals surface area contributed by atoms with Crippen molar-refractivity contribution in [2.45, 2.75) is 6.54 Å². The summed E-state index contributed by atoms with van der Waals surface area (Å²) in [6, 6.07) is 14.8. The van der Waals surface area contributed by atoms with Crippen LogP contribution in [0.15, 0.2) is 60.9 Å². The van der Waals surface area contributed by atoms with Gasteiger partial charge in [-0.05, 0) is 30.3 Å². The predicted octanol–water partition coefficient (Wildman–Crippen LogP) is 1.56. The molecule has 0 atom stereocenters. The van der Waals surface area contributed by atoms with Gasteiger partial charge in [-0.25, -0.2) is 9.07 Å². The number of halogens is 1. The number of hydrogen-bond acceptors (Lipinski definition) is 3. The second-order valence-electron chi connectivity index (χ2n) is 7.20. The quantitative estimate of drug-likeness (QED) is 0.714. The third-order valence-electron chi connectivity index (χ3n) is 5.28. The Bertz CT molecular complexity index is 981. The van der Waals surface area contributed by atoms with E-state index < -0.39 is 0 Å². The lowest BCUT2D eigenvalue weighted by Gasteiger charge is -2.32. The molecule has 1 N–H and O–H groups in total. The third kappa shape index (κ3) is 4.30. The number of carbonyl (C=O) groups is 1. The van der Waals surface area contributed by atoms with Crippen LogP contribution in [-0.4, -0.2) is 53.9 Å². The van der Waals surface area contributed by atoms with Crippen LogP contribution >= 0.6 is 0 Å². The first kappa shape index (κ1) is 19.1. The van der Waals surface area contributed by atoms with Crippen molar-refractivity contribution >= 4 is 5.91 Å². The lowest BCUT2D eigenvalue weighted by atomic mass is 10.1. The summed E-state index contributed by atoms with van der Waals surface area (Å²) in [6.07, 6.45) is 3.39. The SMILES string of the molecule is COc1ccc(C[NH+]2CCN(C(=O)c3cnn(-c4ccccc4)c3)CC2)cc1F. The summed E-state index contributed by atoms with van der Waals surface area (Å²) in [6.45, 7) is 3.72. The van der Waals surface area contributed by atoms with Gasteiger partial charge < -0.3 is 14.5 Å². The minimum Gasteiger partial charge on any atom is -0.494 e. The lowest BCUT2D eigenvalue weighted by Crippen LogP contribution is -3.13. The number of nitrogens with one attached hydrogen (secondary N) is 1. The fourth-order valence-electron chi connectivity index (χ4n) is 3.65. The van der Waals surface area contributed by atoms with Gasteiger partial charge >= 0.3 is 0 Å². The summed E-state index contributed by atoms with van der Waals surface area (Å²) in [5.74, 6) is -0.0782. The zero-order chi connectivity index (χ0) is 20.2. The minimum atomic E-state index is -0.339. The number of para-hydroxylation sites is 1. The molecular formula is C22H24FN4O2+. The maximum absolute atomic E-state index is 13.9. The van der Waals surface area contributed by atoms with Gasteiger partial charge in [-0.3, -0.25) is 4.79 Å². The Kier molecular flexibility index (Phi) is 5.57. The number of rotatable bonds is 5. The molecule has 1 aliphatic rings. The Balaban J connectivity index is 1.34. The average molecular weight is 395 g/mol. The van der Waals surface area contributed by atoms with Crippen molar-refractivity contribution in [3.63, 3.8) is 0 Å². The molecular weight excluding hydrogens is 371 g/mol. The number of aromatic nitrogens is 2. The molecule has 2 aromatic carbocycles. The lowest BCUT2D eigenvalue weighted by molar-refractivity contribution is -0.917. The van der Waals surface area contributed by atoms with E-state index in [2.05, 4.69) is 5.10 Å².